The fraction of sp³-hybridized carbons (Fsp3) is 0.467. The second-order valence-corrected chi connectivity index (χ2v) is 4.98. The van der Waals surface area contributed by atoms with Gasteiger partial charge in [0.05, 0.1) is 18.4 Å². The van der Waals surface area contributed by atoms with E-state index in [2.05, 4.69) is 28.3 Å². The summed E-state index contributed by atoms with van der Waals surface area (Å²) < 4.78 is 1.30. The third-order valence-electron chi connectivity index (χ3n) is 3.45. The highest BCUT2D eigenvalue weighted by Crippen LogP contribution is 2.19. The van der Waals surface area contributed by atoms with Crippen LogP contribution in [0.5, 0.6) is 0 Å². The first-order chi connectivity index (χ1) is 10.1. The van der Waals surface area contributed by atoms with Gasteiger partial charge in [-0.05, 0) is 19.9 Å². The van der Waals surface area contributed by atoms with Gasteiger partial charge in [0, 0.05) is 20.1 Å². The molecule has 2 rings (SSSR count). The van der Waals surface area contributed by atoms with Crippen molar-refractivity contribution in [1.82, 2.24) is 15.1 Å². The van der Waals surface area contributed by atoms with Crippen molar-refractivity contribution in [2.45, 2.75) is 13.3 Å². The molecule has 6 heteroatoms. The molecule has 0 unspecified atom stereocenters. The summed E-state index contributed by atoms with van der Waals surface area (Å²) in [4.78, 5) is 14.3. The van der Waals surface area contributed by atoms with Gasteiger partial charge in [0.1, 0.15) is 5.69 Å². The van der Waals surface area contributed by atoms with E-state index in [1.807, 2.05) is 4.90 Å². The number of aromatic nitrogens is 2. The van der Waals surface area contributed by atoms with Crippen molar-refractivity contribution in [2.24, 2.45) is 7.05 Å². The van der Waals surface area contributed by atoms with Crippen LogP contribution < -0.4 is 21.5 Å². The molecule has 2 heterocycles. The average molecular weight is 287 g/mol. The topological polar surface area (TPSA) is 76.2 Å². The number of nitrogens with two attached hydrogens (primary N) is 1. The fourth-order valence-corrected chi connectivity index (χ4v) is 2.30. The highest BCUT2D eigenvalue weighted by Gasteiger charge is 2.17. The third-order valence-corrected chi connectivity index (χ3v) is 3.45. The molecule has 1 aromatic heterocycles. The van der Waals surface area contributed by atoms with Gasteiger partial charge in [-0.2, -0.15) is 5.10 Å². The van der Waals surface area contributed by atoms with Crippen LogP contribution >= 0.6 is 0 Å². The van der Waals surface area contributed by atoms with Crippen LogP contribution in [0.1, 0.15) is 13.3 Å². The molecule has 1 aromatic rings. The Hall–Kier alpha value is -2.26. The largest absolute Gasteiger partial charge is 0.396 e. The molecule has 1 aliphatic rings. The molecule has 0 aliphatic carbocycles. The zero-order valence-corrected chi connectivity index (χ0v) is 12.5. The van der Waals surface area contributed by atoms with Gasteiger partial charge in [-0.25, -0.2) is 4.68 Å². The molecule has 112 valence electrons. The van der Waals surface area contributed by atoms with E-state index in [1.54, 1.807) is 14.0 Å². The molecule has 0 atom stereocenters. The number of hydrogen-bond donors (Lipinski definition) is 2. The van der Waals surface area contributed by atoms with Gasteiger partial charge >= 0.3 is 0 Å². The Labute approximate surface area is 124 Å². The predicted octanol–water partition coefficient (Wildman–Crippen LogP) is 0.112. The van der Waals surface area contributed by atoms with Gasteiger partial charge in [-0.3, -0.25) is 4.79 Å². The quantitative estimate of drug-likeness (QED) is 0.607. The second kappa shape index (κ2) is 6.95. The number of rotatable bonds is 4. The lowest BCUT2D eigenvalue weighted by Gasteiger charge is -2.26. The minimum atomic E-state index is -0.192. The SMILES string of the molecule is CC#CCN(CC1=CCNCC1)c1c(N)cnn(C)c1=O. The first-order valence-corrected chi connectivity index (χ1v) is 6.98. The van der Waals surface area contributed by atoms with E-state index in [4.69, 9.17) is 5.73 Å². The van der Waals surface area contributed by atoms with Crippen LogP contribution in [0, 0.1) is 11.8 Å². The van der Waals surface area contributed by atoms with Crippen LogP contribution in [0.25, 0.3) is 0 Å². The van der Waals surface area contributed by atoms with Gasteiger partial charge < -0.3 is 16.0 Å². The molecule has 3 N–H and O–H groups in total. The Balaban J connectivity index is 2.35. The van der Waals surface area contributed by atoms with Crippen LogP contribution in [0.3, 0.4) is 0 Å². The van der Waals surface area contributed by atoms with Crippen molar-refractivity contribution in [1.29, 1.82) is 0 Å². The van der Waals surface area contributed by atoms with E-state index in [0.717, 1.165) is 19.5 Å². The molecule has 21 heavy (non-hydrogen) atoms. The van der Waals surface area contributed by atoms with E-state index in [0.29, 0.717) is 24.5 Å². The van der Waals surface area contributed by atoms with Crippen molar-refractivity contribution in [3.63, 3.8) is 0 Å². The molecular formula is C15H21N5O. The van der Waals surface area contributed by atoms with Crippen molar-refractivity contribution in [3.8, 4) is 11.8 Å². The summed E-state index contributed by atoms with van der Waals surface area (Å²) in [5.41, 5.74) is 7.95. The van der Waals surface area contributed by atoms with Gasteiger partial charge in [0.15, 0.2) is 0 Å². The third kappa shape index (κ3) is 3.64. The number of nitrogens with one attached hydrogen (secondary N) is 1. The molecule has 0 spiro atoms. The predicted molar refractivity (Wildman–Crippen MR) is 85.1 cm³/mol. The van der Waals surface area contributed by atoms with Crippen molar-refractivity contribution < 1.29 is 0 Å². The lowest BCUT2D eigenvalue weighted by Crippen LogP contribution is -2.36. The minimum Gasteiger partial charge on any atom is -0.396 e. The molecule has 0 fully saturated rings. The minimum absolute atomic E-state index is 0.192. The van der Waals surface area contributed by atoms with Crippen LogP contribution in [-0.2, 0) is 7.05 Å². The fourth-order valence-electron chi connectivity index (χ4n) is 2.30. The molecule has 0 aromatic carbocycles. The summed E-state index contributed by atoms with van der Waals surface area (Å²) in [5.74, 6) is 5.89. The highest BCUT2D eigenvalue weighted by atomic mass is 16.1. The molecule has 0 amide bonds. The zero-order chi connectivity index (χ0) is 15.2. The summed E-state index contributed by atoms with van der Waals surface area (Å²) >= 11 is 0. The number of nitrogen functional groups attached to an aromatic ring is 1. The summed E-state index contributed by atoms with van der Waals surface area (Å²) in [7, 11) is 1.62. The van der Waals surface area contributed by atoms with E-state index in [1.165, 1.54) is 16.5 Å². The monoisotopic (exact) mass is 287 g/mol. The molecule has 6 nitrogen and oxygen atoms in total. The van der Waals surface area contributed by atoms with E-state index in [9.17, 15) is 4.79 Å². The molecule has 1 aliphatic heterocycles. The van der Waals surface area contributed by atoms with Gasteiger partial charge in [-0.15, -0.1) is 5.92 Å². The van der Waals surface area contributed by atoms with Crippen molar-refractivity contribution in [2.75, 3.05) is 36.8 Å². The Morgan fingerprint density at radius 2 is 2.38 bits per heavy atom. The standard InChI is InChI=1S/C15H21N5O/c1-3-4-9-20(11-12-5-7-17-8-6-12)14-13(16)10-18-19(2)15(14)21/h5,10,17H,6-9,11,16H2,1-2H3. The first-order valence-electron chi connectivity index (χ1n) is 6.98. The highest BCUT2D eigenvalue weighted by molar-refractivity contribution is 5.66. The molecule has 0 bridgehead atoms. The maximum atomic E-state index is 12.3. The maximum Gasteiger partial charge on any atom is 0.292 e. The molecular weight excluding hydrogens is 266 g/mol. The Morgan fingerprint density at radius 1 is 1.57 bits per heavy atom. The summed E-state index contributed by atoms with van der Waals surface area (Å²) in [6.07, 6.45) is 4.65. The Morgan fingerprint density at radius 3 is 3.05 bits per heavy atom. The number of hydrogen-bond acceptors (Lipinski definition) is 5. The lowest BCUT2D eigenvalue weighted by atomic mass is 10.1. The number of aryl methyl sites for hydroxylation is 1. The lowest BCUT2D eigenvalue weighted by molar-refractivity contribution is 0.678. The van der Waals surface area contributed by atoms with Crippen LogP contribution in [0.2, 0.25) is 0 Å². The zero-order valence-electron chi connectivity index (χ0n) is 12.5. The first kappa shape index (κ1) is 15.1. The van der Waals surface area contributed by atoms with Gasteiger partial charge in [0.2, 0.25) is 0 Å². The molecule has 0 saturated heterocycles. The molecule has 0 saturated carbocycles. The van der Waals surface area contributed by atoms with E-state index < -0.39 is 0 Å². The van der Waals surface area contributed by atoms with Crippen LogP contribution in [0.4, 0.5) is 11.4 Å². The smallest absolute Gasteiger partial charge is 0.292 e. The van der Waals surface area contributed by atoms with Crippen molar-refractivity contribution in [3.05, 3.63) is 28.2 Å². The maximum absolute atomic E-state index is 12.3. The average Bonchev–Trinajstić information content (AvgIpc) is 2.50. The second-order valence-electron chi connectivity index (χ2n) is 4.98. The Bertz CT molecular complexity index is 650. The molecule has 0 radical (unpaired) electrons. The normalized spacial score (nSPS) is 14.1. The van der Waals surface area contributed by atoms with Crippen LogP contribution in [-0.4, -0.2) is 36.0 Å². The van der Waals surface area contributed by atoms with Gasteiger partial charge in [0.25, 0.3) is 5.56 Å². The summed E-state index contributed by atoms with van der Waals surface area (Å²) in [6, 6.07) is 0. The number of nitrogens with zero attached hydrogens (tertiary/aromatic N) is 3. The Kier molecular flexibility index (Phi) is 5.01. The van der Waals surface area contributed by atoms with E-state index >= 15 is 0 Å². The summed E-state index contributed by atoms with van der Waals surface area (Å²) in [5, 5.41) is 7.22. The van der Waals surface area contributed by atoms with Gasteiger partial charge in [-0.1, -0.05) is 17.6 Å². The van der Waals surface area contributed by atoms with E-state index in [-0.39, 0.29) is 5.56 Å². The van der Waals surface area contributed by atoms with Crippen molar-refractivity contribution >= 4 is 11.4 Å². The van der Waals surface area contributed by atoms with Crippen LogP contribution in [0.15, 0.2) is 22.6 Å². The summed E-state index contributed by atoms with van der Waals surface area (Å²) in [6.45, 7) is 4.76. The number of anilines is 2.